The zero-order valence-electron chi connectivity index (χ0n) is 25.7. The second-order valence-electron chi connectivity index (χ2n) is 10.9. The summed E-state index contributed by atoms with van der Waals surface area (Å²) < 4.78 is 15.8. The molecule has 4 rings (SSSR count). The van der Waals surface area contributed by atoms with E-state index in [1.807, 2.05) is 106 Å². The van der Waals surface area contributed by atoms with Crippen molar-refractivity contribution in [3.05, 3.63) is 119 Å². The minimum atomic E-state index is 0. The number of hydrogen-bond acceptors (Lipinski definition) is 4. The number of rotatable bonds is 19. The van der Waals surface area contributed by atoms with Gasteiger partial charge in [0, 0.05) is 25.5 Å². The van der Waals surface area contributed by atoms with Crippen LogP contribution in [0.5, 0.6) is 11.5 Å². The second kappa shape index (κ2) is 21.6. The van der Waals surface area contributed by atoms with Crippen LogP contribution < -0.4 is 20.4 Å². The van der Waals surface area contributed by atoms with E-state index in [9.17, 15) is 0 Å². The summed E-state index contributed by atoms with van der Waals surface area (Å²) in [6.07, 6.45) is 16.2. The molecule has 0 bridgehead atoms. The number of aryl methyl sites for hydroxylation is 2. The molecule has 4 aromatic rings. The monoisotopic (exact) mass is 726 g/mol. The molecular weight excluding hydrogens is 680 g/mol. The highest BCUT2D eigenvalue weighted by Gasteiger charge is 2.04. The predicted molar refractivity (Wildman–Crippen MR) is 189 cm³/mol. The third-order valence-corrected chi connectivity index (χ3v) is 7.59. The van der Waals surface area contributed by atoms with Crippen molar-refractivity contribution in [1.29, 1.82) is 10.8 Å². The van der Waals surface area contributed by atoms with E-state index in [1.165, 1.54) is 51.4 Å². The molecule has 2 aromatic heterocycles. The Morgan fingerprint density at radius 3 is 1.14 bits per heavy atom. The fraction of sp³-hybridized carbons (Fsp3) is 0.389. The third-order valence-electron chi connectivity index (χ3n) is 7.59. The molecule has 0 spiro atoms. The minimum absolute atomic E-state index is 0. The van der Waals surface area contributed by atoms with Crippen molar-refractivity contribution in [2.24, 2.45) is 0 Å². The summed E-state index contributed by atoms with van der Waals surface area (Å²) >= 11 is 0. The van der Waals surface area contributed by atoms with Crippen LogP contribution in [-0.4, -0.2) is 9.13 Å². The number of ether oxygens (including phenoxy) is 2. The zero-order chi connectivity index (χ0) is 29.2. The Kier molecular flexibility index (Phi) is 18.2. The second-order valence-corrected chi connectivity index (χ2v) is 10.9. The van der Waals surface area contributed by atoms with Gasteiger partial charge >= 0.3 is 0 Å². The first-order valence-electron chi connectivity index (χ1n) is 15.5. The molecule has 0 amide bonds. The quantitative estimate of drug-likeness (QED) is 0.0946. The lowest BCUT2D eigenvalue weighted by molar-refractivity contribution is 0.296. The SMILES string of the molecule is Br.Br.N=c1c(OCc2ccccc2)cccn1CCCCCCCCCCCCn1cccc(OCc2ccccc2)c1=N. The number of halogens is 2. The van der Waals surface area contributed by atoms with E-state index in [0.29, 0.717) is 35.7 Å². The average Bonchev–Trinajstić information content (AvgIpc) is 3.03. The van der Waals surface area contributed by atoms with Crippen LogP contribution >= 0.6 is 34.0 Å². The lowest BCUT2D eigenvalue weighted by atomic mass is 10.1. The third kappa shape index (κ3) is 12.9. The molecule has 0 radical (unpaired) electrons. The Hall–Kier alpha value is -3.10. The van der Waals surface area contributed by atoms with E-state index in [1.54, 1.807) is 0 Å². The summed E-state index contributed by atoms with van der Waals surface area (Å²) in [6.45, 7) is 2.70. The van der Waals surface area contributed by atoms with E-state index in [0.717, 1.165) is 37.1 Å². The predicted octanol–water partition coefficient (Wildman–Crippen LogP) is 9.16. The van der Waals surface area contributed by atoms with Crippen LogP contribution in [0.4, 0.5) is 0 Å². The molecule has 0 aliphatic rings. The van der Waals surface area contributed by atoms with Crippen LogP contribution in [0.3, 0.4) is 0 Å². The molecule has 0 saturated heterocycles. The van der Waals surface area contributed by atoms with Crippen molar-refractivity contribution >= 4 is 34.0 Å². The Bertz CT molecular complexity index is 1330. The topological polar surface area (TPSA) is 76.0 Å². The minimum Gasteiger partial charge on any atom is -0.485 e. The Balaban J connectivity index is 0.00000337. The maximum absolute atomic E-state index is 8.49. The summed E-state index contributed by atoms with van der Waals surface area (Å²) in [4.78, 5) is 0. The van der Waals surface area contributed by atoms with Gasteiger partial charge in [-0.15, -0.1) is 34.0 Å². The van der Waals surface area contributed by atoms with Crippen molar-refractivity contribution in [1.82, 2.24) is 9.13 Å². The molecule has 6 nitrogen and oxygen atoms in total. The highest BCUT2D eigenvalue weighted by Crippen LogP contribution is 2.13. The van der Waals surface area contributed by atoms with Gasteiger partial charge in [0.15, 0.2) is 22.5 Å². The van der Waals surface area contributed by atoms with Gasteiger partial charge in [-0.25, -0.2) is 0 Å². The van der Waals surface area contributed by atoms with Gasteiger partial charge in [0.05, 0.1) is 0 Å². The van der Waals surface area contributed by atoms with Crippen molar-refractivity contribution in [3.63, 3.8) is 0 Å². The van der Waals surface area contributed by atoms with Gasteiger partial charge in [0.2, 0.25) is 0 Å². The molecule has 0 saturated carbocycles. The van der Waals surface area contributed by atoms with Crippen LogP contribution in [0.1, 0.15) is 75.3 Å². The van der Waals surface area contributed by atoms with Crippen LogP contribution in [0, 0.1) is 10.8 Å². The maximum Gasteiger partial charge on any atom is 0.168 e. The lowest BCUT2D eigenvalue weighted by Gasteiger charge is -2.11. The van der Waals surface area contributed by atoms with Crippen molar-refractivity contribution < 1.29 is 9.47 Å². The molecule has 0 fully saturated rings. The highest BCUT2D eigenvalue weighted by molar-refractivity contribution is 8.93. The number of unbranched alkanes of at least 4 members (excludes halogenated alkanes) is 9. The first-order chi connectivity index (χ1) is 20.7. The molecule has 2 heterocycles. The number of pyridine rings is 2. The summed E-state index contributed by atoms with van der Waals surface area (Å²) in [5, 5.41) is 17.0. The standard InChI is InChI=1S/C36H46N4O2.2BrH/c37-35-33(41-29-31-19-11-9-12-20-31)23-17-27-39(35)25-15-7-5-3-1-2-4-6-8-16-26-40-28-18-24-34(36(40)38)42-30-32-21-13-10-14-22-32;;/h9-14,17-24,27-28,37-38H,1-8,15-16,25-26,29-30H2;2*1H. The molecule has 44 heavy (non-hydrogen) atoms. The normalized spacial score (nSPS) is 10.5. The number of nitrogens with one attached hydrogen (secondary N) is 2. The van der Waals surface area contributed by atoms with Gasteiger partial charge in [0.1, 0.15) is 13.2 Å². The Labute approximate surface area is 283 Å². The van der Waals surface area contributed by atoms with E-state index in [-0.39, 0.29) is 34.0 Å². The molecule has 238 valence electrons. The fourth-order valence-corrected chi connectivity index (χ4v) is 5.11. The van der Waals surface area contributed by atoms with Gasteiger partial charge in [-0.3, -0.25) is 10.8 Å². The Morgan fingerprint density at radius 1 is 0.432 bits per heavy atom. The fourth-order valence-electron chi connectivity index (χ4n) is 5.11. The van der Waals surface area contributed by atoms with Crippen molar-refractivity contribution in [3.8, 4) is 11.5 Å². The van der Waals surface area contributed by atoms with E-state index in [2.05, 4.69) is 0 Å². The van der Waals surface area contributed by atoms with E-state index in [4.69, 9.17) is 20.3 Å². The summed E-state index contributed by atoms with van der Waals surface area (Å²) in [5.74, 6) is 1.28. The van der Waals surface area contributed by atoms with Gasteiger partial charge in [-0.2, -0.15) is 0 Å². The first kappa shape index (κ1) is 37.1. The zero-order valence-corrected chi connectivity index (χ0v) is 29.1. The van der Waals surface area contributed by atoms with E-state index >= 15 is 0 Å². The summed E-state index contributed by atoms with van der Waals surface area (Å²) in [5.41, 5.74) is 3.13. The molecule has 2 aromatic carbocycles. The van der Waals surface area contributed by atoms with E-state index < -0.39 is 0 Å². The Morgan fingerprint density at radius 2 is 0.773 bits per heavy atom. The number of aromatic nitrogens is 2. The first-order valence-corrected chi connectivity index (χ1v) is 15.5. The molecule has 8 heteroatoms. The highest BCUT2D eigenvalue weighted by atomic mass is 79.9. The summed E-state index contributed by atoms with van der Waals surface area (Å²) in [6, 6.07) is 27.9. The van der Waals surface area contributed by atoms with Crippen LogP contribution in [-0.2, 0) is 26.3 Å². The van der Waals surface area contributed by atoms with Crippen molar-refractivity contribution in [2.45, 2.75) is 90.5 Å². The average molecular weight is 729 g/mol. The smallest absolute Gasteiger partial charge is 0.168 e. The summed E-state index contributed by atoms with van der Waals surface area (Å²) in [7, 11) is 0. The van der Waals surface area contributed by atoms with Gasteiger partial charge in [-0.1, -0.05) is 112 Å². The molecule has 2 N–H and O–H groups in total. The van der Waals surface area contributed by atoms with Gasteiger partial charge in [-0.05, 0) is 48.2 Å². The molecule has 0 aliphatic heterocycles. The molecular formula is C36H48Br2N4O2. The molecule has 0 unspecified atom stereocenters. The lowest BCUT2D eigenvalue weighted by Crippen LogP contribution is -2.21. The molecule has 0 atom stereocenters. The van der Waals surface area contributed by atoms with Crippen LogP contribution in [0.15, 0.2) is 97.3 Å². The van der Waals surface area contributed by atoms with Crippen LogP contribution in [0.25, 0.3) is 0 Å². The van der Waals surface area contributed by atoms with Crippen molar-refractivity contribution in [2.75, 3.05) is 0 Å². The van der Waals surface area contributed by atoms with Gasteiger partial charge < -0.3 is 18.6 Å². The number of benzene rings is 2. The number of nitrogens with zero attached hydrogens (tertiary/aromatic N) is 2. The molecule has 0 aliphatic carbocycles. The van der Waals surface area contributed by atoms with Crippen LogP contribution in [0.2, 0.25) is 0 Å². The number of hydrogen-bond donors (Lipinski definition) is 2. The van der Waals surface area contributed by atoms with Gasteiger partial charge in [0.25, 0.3) is 0 Å². The maximum atomic E-state index is 8.49. The largest absolute Gasteiger partial charge is 0.485 e.